The first-order valence-corrected chi connectivity index (χ1v) is 6.32. The molecule has 18 heavy (non-hydrogen) atoms. The summed E-state index contributed by atoms with van der Waals surface area (Å²) in [5.74, 6) is 0. The van der Waals surface area contributed by atoms with Gasteiger partial charge in [-0.05, 0) is 0 Å². The van der Waals surface area contributed by atoms with Gasteiger partial charge in [-0.1, -0.05) is 0 Å². The van der Waals surface area contributed by atoms with Gasteiger partial charge < -0.3 is 9.88 Å². The molecule has 2 heterocycles. The molecule has 0 aliphatic carbocycles. The molecule has 2 aromatic rings. The Morgan fingerprint density at radius 3 is 2.78 bits per heavy atom. The van der Waals surface area contributed by atoms with Crippen molar-refractivity contribution in [3.63, 3.8) is 0 Å². The van der Waals surface area contributed by atoms with Crippen LogP contribution in [0.15, 0.2) is 27.4 Å². The Balaban J connectivity index is 2.10. The molecular weight excluding hydrogens is 252 g/mol. The maximum absolute atomic E-state index is 11.8. The van der Waals surface area contributed by atoms with E-state index >= 15 is 0 Å². The minimum absolute atomic E-state index is 0.260. The van der Waals surface area contributed by atoms with Crippen molar-refractivity contribution in [1.82, 2.24) is 19.4 Å². The maximum Gasteiger partial charge on any atom is 0.330 e. The van der Waals surface area contributed by atoms with E-state index in [1.165, 1.54) is 11.6 Å². The van der Waals surface area contributed by atoms with Gasteiger partial charge in [0, 0.05) is 50.5 Å². The van der Waals surface area contributed by atoms with Gasteiger partial charge in [-0.3, -0.25) is 9.36 Å². The highest BCUT2D eigenvalue weighted by Gasteiger charge is 2.06. The third kappa shape index (κ3) is 2.57. The molecule has 0 saturated heterocycles. The second-order valence-corrected chi connectivity index (χ2v) is 4.92. The Bertz CT molecular complexity index is 642. The number of rotatable bonds is 4. The first-order valence-electron chi connectivity index (χ1n) is 5.44. The molecule has 0 aromatic carbocycles. The molecule has 0 bridgehead atoms. The number of hydrogen-bond acceptors (Lipinski definition) is 5. The Labute approximate surface area is 108 Å². The smallest absolute Gasteiger partial charge is 0.306 e. The monoisotopic (exact) mass is 266 g/mol. The Hall–Kier alpha value is -1.73. The van der Waals surface area contributed by atoms with Crippen LogP contribution >= 0.6 is 11.3 Å². The summed E-state index contributed by atoms with van der Waals surface area (Å²) in [5.41, 5.74) is -0.00966. The predicted molar refractivity (Wildman–Crippen MR) is 69.6 cm³/mol. The van der Waals surface area contributed by atoms with E-state index in [1.807, 2.05) is 5.38 Å². The van der Waals surface area contributed by atoms with Gasteiger partial charge in [0.25, 0.3) is 5.56 Å². The molecule has 2 rings (SSSR count). The predicted octanol–water partition coefficient (Wildman–Crippen LogP) is -0.170. The standard InChI is InChI=1S/C11H14N4O2S/c1-14-7-8(10(16)15(2)11(14)17)5-12-6-9-13-3-4-18-9/h3-4,7,12H,5-6H2,1-2H3. The van der Waals surface area contributed by atoms with Crippen LogP contribution in [-0.4, -0.2) is 14.1 Å². The lowest BCUT2D eigenvalue weighted by Crippen LogP contribution is -2.39. The topological polar surface area (TPSA) is 68.9 Å². The minimum atomic E-state index is -0.316. The van der Waals surface area contributed by atoms with Gasteiger partial charge in [0.2, 0.25) is 0 Å². The van der Waals surface area contributed by atoms with Gasteiger partial charge in [-0.2, -0.15) is 0 Å². The average Bonchev–Trinajstić information content (AvgIpc) is 2.86. The van der Waals surface area contributed by atoms with Crippen LogP contribution in [0.2, 0.25) is 0 Å². The molecule has 6 nitrogen and oxygen atoms in total. The van der Waals surface area contributed by atoms with Gasteiger partial charge in [0.15, 0.2) is 0 Å². The van der Waals surface area contributed by atoms with Crippen LogP contribution < -0.4 is 16.6 Å². The van der Waals surface area contributed by atoms with Crippen molar-refractivity contribution in [3.05, 3.63) is 49.2 Å². The average molecular weight is 266 g/mol. The fourth-order valence-electron chi connectivity index (χ4n) is 1.65. The molecule has 96 valence electrons. The number of aromatic nitrogens is 3. The van der Waals surface area contributed by atoms with E-state index in [-0.39, 0.29) is 11.2 Å². The molecule has 0 saturated carbocycles. The van der Waals surface area contributed by atoms with Crippen molar-refractivity contribution < 1.29 is 0 Å². The third-order valence-corrected chi connectivity index (χ3v) is 3.37. The van der Waals surface area contributed by atoms with Crippen molar-refractivity contribution in [2.45, 2.75) is 13.1 Å². The van der Waals surface area contributed by atoms with Gasteiger partial charge >= 0.3 is 5.69 Å². The fraction of sp³-hybridized carbons (Fsp3) is 0.364. The number of thiazole rings is 1. The number of nitrogens with one attached hydrogen (secondary N) is 1. The van der Waals surface area contributed by atoms with E-state index in [0.717, 1.165) is 9.57 Å². The summed E-state index contributed by atoms with van der Waals surface area (Å²) in [6.07, 6.45) is 3.31. The van der Waals surface area contributed by atoms with E-state index in [2.05, 4.69) is 10.3 Å². The van der Waals surface area contributed by atoms with Crippen molar-refractivity contribution in [2.24, 2.45) is 14.1 Å². The first-order chi connectivity index (χ1) is 8.59. The SMILES string of the molecule is Cn1cc(CNCc2nccs2)c(=O)n(C)c1=O. The van der Waals surface area contributed by atoms with Crippen LogP contribution in [0.4, 0.5) is 0 Å². The summed E-state index contributed by atoms with van der Waals surface area (Å²) < 4.78 is 2.52. The Kier molecular flexibility index (Phi) is 3.73. The van der Waals surface area contributed by atoms with E-state index in [4.69, 9.17) is 0 Å². The molecule has 2 aromatic heterocycles. The summed E-state index contributed by atoms with van der Waals surface area (Å²) in [7, 11) is 3.11. The molecule has 0 fully saturated rings. The zero-order valence-electron chi connectivity index (χ0n) is 10.2. The van der Waals surface area contributed by atoms with Crippen LogP contribution in [0, 0.1) is 0 Å². The molecule has 0 aliphatic heterocycles. The van der Waals surface area contributed by atoms with Crippen LogP contribution in [-0.2, 0) is 27.2 Å². The molecule has 1 N–H and O–H groups in total. The molecule has 7 heteroatoms. The minimum Gasteiger partial charge on any atom is -0.306 e. The zero-order chi connectivity index (χ0) is 13.1. The van der Waals surface area contributed by atoms with E-state index in [0.29, 0.717) is 18.7 Å². The molecule has 0 spiro atoms. The van der Waals surface area contributed by atoms with E-state index in [9.17, 15) is 9.59 Å². The lowest BCUT2D eigenvalue weighted by molar-refractivity contribution is 0.629. The fourth-order valence-corrected chi connectivity index (χ4v) is 2.23. The molecule has 0 radical (unpaired) electrons. The summed E-state index contributed by atoms with van der Waals surface area (Å²) in [6.45, 7) is 1.03. The summed E-state index contributed by atoms with van der Waals surface area (Å²) in [4.78, 5) is 27.5. The summed E-state index contributed by atoms with van der Waals surface area (Å²) in [6, 6.07) is 0. The molecule has 0 aliphatic rings. The molecule has 0 unspecified atom stereocenters. The van der Waals surface area contributed by atoms with Gasteiger partial charge in [0.05, 0.1) is 0 Å². The van der Waals surface area contributed by atoms with Crippen molar-refractivity contribution in [2.75, 3.05) is 0 Å². The highest BCUT2D eigenvalue weighted by molar-refractivity contribution is 7.09. The van der Waals surface area contributed by atoms with Crippen LogP contribution in [0.3, 0.4) is 0 Å². The molecule has 0 atom stereocenters. The van der Waals surface area contributed by atoms with Gasteiger partial charge in [-0.25, -0.2) is 9.78 Å². The second kappa shape index (κ2) is 5.28. The van der Waals surface area contributed by atoms with Crippen molar-refractivity contribution >= 4 is 11.3 Å². The van der Waals surface area contributed by atoms with Crippen LogP contribution in [0.5, 0.6) is 0 Å². The second-order valence-electron chi connectivity index (χ2n) is 3.94. The lowest BCUT2D eigenvalue weighted by Gasteiger charge is -2.07. The van der Waals surface area contributed by atoms with Crippen LogP contribution in [0.1, 0.15) is 10.6 Å². The quantitative estimate of drug-likeness (QED) is 0.834. The van der Waals surface area contributed by atoms with Crippen molar-refractivity contribution in [3.8, 4) is 0 Å². The van der Waals surface area contributed by atoms with E-state index < -0.39 is 0 Å². The van der Waals surface area contributed by atoms with Crippen LogP contribution in [0.25, 0.3) is 0 Å². The number of aryl methyl sites for hydroxylation is 1. The largest absolute Gasteiger partial charge is 0.330 e. The number of hydrogen-bond donors (Lipinski definition) is 1. The van der Waals surface area contributed by atoms with Gasteiger partial charge in [0.1, 0.15) is 5.01 Å². The summed E-state index contributed by atoms with van der Waals surface area (Å²) in [5, 5.41) is 6.01. The summed E-state index contributed by atoms with van der Waals surface area (Å²) >= 11 is 1.56. The van der Waals surface area contributed by atoms with Crippen molar-refractivity contribution in [1.29, 1.82) is 0 Å². The Morgan fingerprint density at radius 1 is 1.33 bits per heavy atom. The normalized spacial score (nSPS) is 10.8. The lowest BCUT2D eigenvalue weighted by atomic mass is 10.3. The molecular formula is C11H14N4O2S. The third-order valence-electron chi connectivity index (χ3n) is 2.59. The first kappa shape index (κ1) is 12.7. The number of nitrogens with zero attached hydrogens (tertiary/aromatic N) is 3. The maximum atomic E-state index is 11.8. The highest BCUT2D eigenvalue weighted by Crippen LogP contribution is 2.02. The van der Waals surface area contributed by atoms with E-state index in [1.54, 1.807) is 30.8 Å². The zero-order valence-corrected chi connectivity index (χ0v) is 11.0. The Morgan fingerprint density at radius 2 is 2.11 bits per heavy atom. The molecule has 0 amide bonds. The highest BCUT2D eigenvalue weighted by atomic mass is 32.1. The van der Waals surface area contributed by atoms with Gasteiger partial charge in [-0.15, -0.1) is 11.3 Å².